The fourth-order valence-electron chi connectivity index (χ4n) is 2.72. The lowest BCUT2D eigenvalue weighted by Gasteiger charge is -2.36. The van der Waals surface area contributed by atoms with Crippen molar-refractivity contribution in [2.24, 2.45) is 5.41 Å². The van der Waals surface area contributed by atoms with E-state index in [0.29, 0.717) is 6.04 Å². The second-order valence-corrected chi connectivity index (χ2v) is 6.61. The van der Waals surface area contributed by atoms with Gasteiger partial charge in [-0.3, -0.25) is 0 Å². The van der Waals surface area contributed by atoms with Crippen LogP contribution in [0.4, 0.5) is 0 Å². The largest absolute Gasteiger partial charge is 0.379 e. The van der Waals surface area contributed by atoms with Gasteiger partial charge >= 0.3 is 0 Å². The van der Waals surface area contributed by atoms with Crippen LogP contribution >= 0.6 is 0 Å². The Kier molecular flexibility index (Phi) is 6.14. The number of aromatic nitrogens is 3. The van der Waals surface area contributed by atoms with Gasteiger partial charge < -0.3 is 10.1 Å². The molecule has 1 heterocycles. The van der Waals surface area contributed by atoms with Crippen molar-refractivity contribution in [1.82, 2.24) is 20.1 Å². The summed E-state index contributed by atoms with van der Waals surface area (Å²) in [6.07, 6.45) is 2.58. The summed E-state index contributed by atoms with van der Waals surface area (Å²) >= 11 is 0. The van der Waals surface area contributed by atoms with E-state index in [4.69, 9.17) is 4.74 Å². The lowest BCUT2D eigenvalue weighted by Crippen LogP contribution is -2.49. The fourth-order valence-corrected chi connectivity index (χ4v) is 2.72. The molecule has 1 aromatic heterocycles. The number of hydrogen-bond acceptors (Lipinski definition) is 4. The van der Waals surface area contributed by atoms with Crippen molar-refractivity contribution in [2.45, 2.75) is 66.2 Å². The first kappa shape index (κ1) is 17.1. The standard InChI is InChI=1S/C15H30N4O/c1-8-16-12(14(20-7)15(4,5)6)9-13-17-10-18-19(13)11(2)3/h10-12,14,16H,8-9H2,1-7H3. The molecule has 2 atom stereocenters. The molecular weight excluding hydrogens is 252 g/mol. The van der Waals surface area contributed by atoms with E-state index in [1.165, 1.54) is 0 Å². The van der Waals surface area contributed by atoms with Crippen LogP contribution in [0.5, 0.6) is 0 Å². The average molecular weight is 282 g/mol. The zero-order chi connectivity index (χ0) is 15.3. The minimum atomic E-state index is 0.0737. The molecule has 5 heteroatoms. The Hall–Kier alpha value is -0.940. The van der Waals surface area contributed by atoms with Crippen LogP contribution in [0.25, 0.3) is 0 Å². The highest BCUT2D eigenvalue weighted by Gasteiger charge is 2.33. The molecule has 0 aliphatic heterocycles. The molecule has 5 nitrogen and oxygen atoms in total. The predicted molar refractivity (Wildman–Crippen MR) is 81.8 cm³/mol. The maximum atomic E-state index is 5.76. The number of nitrogens with one attached hydrogen (secondary N) is 1. The number of methoxy groups -OCH3 is 1. The van der Waals surface area contributed by atoms with Gasteiger partial charge in [0, 0.05) is 25.6 Å². The molecule has 0 radical (unpaired) electrons. The van der Waals surface area contributed by atoms with Gasteiger partial charge in [0.1, 0.15) is 12.2 Å². The lowest BCUT2D eigenvalue weighted by molar-refractivity contribution is -0.0113. The van der Waals surface area contributed by atoms with Crippen LogP contribution in [-0.4, -0.2) is 40.6 Å². The van der Waals surface area contributed by atoms with Gasteiger partial charge in [0.05, 0.1) is 6.10 Å². The zero-order valence-corrected chi connectivity index (χ0v) is 14.0. The normalized spacial score (nSPS) is 15.6. The van der Waals surface area contributed by atoms with Crippen LogP contribution in [-0.2, 0) is 11.2 Å². The first-order chi connectivity index (χ1) is 9.31. The van der Waals surface area contributed by atoms with Crippen LogP contribution in [0.15, 0.2) is 6.33 Å². The van der Waals surface area contributed by atoms with Gasteiger partial charge in [0.2, 0.25) is 0 Å². The van der Waals surface area contributed by atoms with Crippen LogP contribution in [0, 0.1) is 5.41 Å². The number of rotatable bonds is 7. The minimum Gasteiger partial charge on any atom is -0.379 e. The second kappa shape index (κ2) is 7.18. The summed E-state index contributed by atoms with van der Waals surface area (Å²) in [5.74, 6) is 1.01. The van der Waals surface area contributed by atoms with Crippen molar-refractivity contribution in [3.8, 4) is 0 Å². The predicted octanol–water partition coefficient (Wildman–Crippen LogP) is 2.44. The molecular formula is C15H30N4O. The molecule has 20 heavy (non-hydrogen) atoms. The maximum Gasteiger partial charge on any atom is 0.138 e. The quantitative estimate of drug-likeness (QED) is 0.834. The molecule has 1 N–H and O–H groups in total. The Bertz CT molecular complexity index is 395. The highest BCUT2D eigenvalue weighted by Crippen LogP contribution is 2.26. The summed E-state index contributed by atoms with van der Waals surface area (Å²) in [4.78, 5) is 4.41. The van der Waals surface area contributed by atoms with Crippen molar-refractivity contribution < 1.29 is 4.74 Å². The number of hydrogen-bond donors (Lipinski definition) is 1. The summed E-state index contributed by atoms with van der Waals surface area (Å²) in [6.45, 7) is 13.9. The van der Waals surface area contributed by atoms with Crippen molar-refractivity contribution in [3.05, 3.63) is 12.2 Å². The molecule has 0 aromatic carbocycles. The summed E-state index contributed by atoms with van der Waals surface area (Å²) in [6, 6.07) is 0.553. The summed E-state index contributed by atoms with van der Waals surface area (Å²) < 4.78 is 7.74. The number of ether oxygens (including phenoxy) is 1. The Morgan fingerprint density at radius 3 is 2.45 bits per heavy atom. The van der Waals surface area contributed by atoms with Gasteiger partial charge in [-0.15, -0.1) is 0 Å². The average Bonchev–Trinajstić information content (AvgIpc) is 2.76. The smallest absolute Gasteiger partial charge is 0.138 e. The number of nitrogens with zero attached hydrogens (tertiary/aromatic N) is 3. The molecule has 116 valence electrons. The molecule has 0 amide bonds. The van der Waals surface area contributed by atoms with E-state index < -0.39 is 0 Å². The Labute approximate surface area is 123 Å². The SMILES string of the molecule is CCNC(Cc1ncnn1C(C)C)C(OC)C(C)(C)C. The molecule has 0 bridgehead atoms. The van der Waals surface area contributed by atoms with E-state index in [2.05, 4.69) is 56.9 Å². The minimum absolute atomic E-state index is 0.0737. The van der Waals surface area contributed by atoms with E-state index in [1.54, 1.807) is 13.4 Å². The Balaban J connectivity index is 2.94. The molecule has 0 aliphatic rings. The second-order valence-electron chi connectivity index (χ2n) is 6.61. The maximum absolute atomic E-state index is 5.76. The van der Waals surface area contributed by atoms with E-state index in [0.717, 1.165) is 18.8 Å². The zero-order valence-electron chi connectivity index (χ0n) is 14.0. The number of likely N-dealkylation sites (N-methyl/N-ethyl adjacent to an activating group) is 1. The third-order valence-corrected chi connectivity index (χ3v) is 3.48. The summed E-state index contributed by atoms with van der Waals surface area (Å²) in [5.41, 5.74) is 0.0737. The Morgan fingerprint density at radius 1 is 1.35 bits per heavy atom. The van der Waals surface area contributed by atoms with Crippen molar-refractivity contribution in [3.63, 3.8) is 0 Å². The van der Waals surface area contributed by atoms with Gasteiger partial charge in [0.25, 0.3) is 0 Å². The van der Waals surface area contributed by atoms with Gasteiger partial charge in [-0.05, 0) is 25.8 Å². The van der Waals surface area contributed by atoms with Gasteiger partial charge in [0.15, 0.2) is 0 Å². The molecule has 0 fully saturated rings. The van der Waals surface area contributed by atoms with Crippen LogP contribution in [0.1, 0.15) is 53.4 Å². The van der Waals surface area contributed by atoms with Gasteiger partial charge in [-0.2, -0.15) is 5.10 Å². The van der Waals surface area contributed by atoms with Gasteiger partial charge in [-0.25, -0.2) is 9.67 Å². The topological polar surface area (TPSA) is 52.0 Å². The molecule has 0 saturated heterocycles. The molecule has 0 aliphatic carbocycles. The Morgan fingerprint density at radius 2 is 2.00 bits per heavy atom. The van der Waals surface area contributed by atoms with Crippen LogP contribution in [0.2, 0.25) is 0 Å². The first-order valence-corrected chi connectivity index (χ1v) is 7.45. The summed E-state index contributed by atoms with van der Waals surface area (Å²) in [7, 11) is 1.79. The van der Waals surface area contributed by atoms with Crippen molar-refractivity contribution in [2.75, 3.05) is 13.7 Å². The monoisotopic (exact) mass is 282 g/mol. The van der Waals surface area contributed by atoms with E-state index in [-0.39, 0.29) is 17.6 Å². The fraction of sp³-hybridized carbons (Fsp3) is 0.867. The van der Waals surface area contributed by atoms with Crippen LogP contribution in [0.3, 0.4) is 0 Å². The summed E-state index contributed by atoms with van der Waals surface area (Å²) in [5, 5.41) is 7.85. The van der Waals surface area contributed by atoms with Crippen LogP contribution < -0.4 is 5.32 Å². The molecule has 0 spiro atoms. The van der Waals surface area contributed by atoms with Crippen molar-refractivity contribution >= 4 is 0 Å². The molecule has 1 aromatic rings. The molecule has 0 saturated carbocycles. The first-order valence-electron chi connectivity index (χ1n) is 7.45. The molecule has 2 unspecified atom stereocenters. The lowest BCUT2D eigenvalue weighted by atomic mass is 9.83. The third kappa shape index (κ3) is 4.28. The highest BCUT2D eigenvalue weighted by molar-refractivity contribution is 4.96. The third-order valence-electron chi connectivity index (χ3n) is 3.48. The van der Waals surface area contributed by atoms with E-state index >= 15 is 0 Å². The molecule has 1 rings (SSSR count). The van der Waals surface area contributed by atoms with E-state index in [1.807, 2.05) is 4.68 Å². The van der Waals surface area contributed by atoms with E-state index in [9.17, 15) is 0 Å². The highest BCUT2D eigenvalue weighted by atomic mass is 16.5. The van der Waals surface area contributed by atoms with Crippen molar-refractivity contribution in [1.29, 1.82) is 0 Å². The van der Waals surface area contributed by atoms with Gasteiger partial charge in [-0.1, -0.05) is 27.7 Å².